The fraction of sp³-hybridized carbons (Fsp3) is 0.0870. The first-order chi connectivity index (χ1) is 12.6. The zero-order valence-electron chi connectivity index (χ0n) is 14.5. The Hall–Kier alpha value is -3.20. The molecule has 0 fully saturated rings. The van der Waals surface area contributed by atoms with E-state index in [1.807, 2.05) is 36.4 Å². The molecule has 3 aromatic carbocycles. The fourth-order valence-corrected chi connectivity index (χ4v) is 3.37. The second-order valence-electron chi connectivity index (χ2n) is 6.32. The molecule has 0 bridgehead atoms. The van der Waals surface area contributed by atoms with Crippen LogP contribution in [-0.4, -0.2) is 12.9 Å². The molecule has 0 aliphatic heterocycles. The lowest BCUT2D eigenvalue weighted by atomic mass is 9.94. The lowest BCUT2D eigenvalue weighted by Gasteiger charge is -2.10. The first-order valence-electron chi connectivity index (χ1n) is 8.39. The number of allylic oxidation sites excluding steroid dienone is 1. The topological polar surface area (TPSA) is 26.3 Å². The minimum Gasteiger partial charge on any atom is -0.497 e. The predicted octanol–water partition coefficient (Wildman–Crippen LogP) is 5.30. The molecule has 128 valence electrons. The van der Waals surface area contributed by atoms with Crippen LogP contribution in [-0.2, 0) is 0 Å². The molecule has 0 N–H and O–H groups in total. The number of hydrogen-bond acceptors (Lipinski definition) is 2. The maximum atomic E-state index is 14.2. The third kappa shape index (κ3) is 2.53. The van der Waals surface area contributed by atoms with Crippen molar-refractivity contribution >= 4 is 16.9 Å². The van der Waals surface area contributed by atoms with Gasteiger partial charge in [0, 0.05) is 16.7 Å². The van der Waals surface area contributed by atoms with Crippen molar-refractivity contribution in [1.82, 2.24) is 0 Å². The lowest BCUT2D eigenvalue weighted by molar-refractivity contribution is 0.105. The average molecular weight is 344 g/mol. The van der Waals surface area contributed by atoms with Gasteiger partial charge >= 0.3 is 0 Å². The average Bonchev–Trinajstić information content (AvgIpc) is 2.96. The van der Waals surface area contributed by atoms with Crippen molar-refractivity contribution in [3.8, 4) is 5.75 Å². The quantitative estimate of drug-likeness (QED) is 0.645. The summed E-state index contributed by atoms with van der Waals surface area (Å²) in [6.07, 6.45) is 0. The number of carbonyl (C=O) groups excluding carboxylic acids is 1. The third-order valence-corrected chi connectivity index (χ3v) is 4.74. The Morgan fingerprint density at radius 1 is 0.808 bits per heavy atom. The van der Waals surface area contributed by atoms with Crippen LogP contribution in [0.15, 0.2) is 66.7 Å². The Balaban J connectivity index is 2.03. The number of carbonyl (C=O) groups is 1. The van der Waals surface area contributed by atoms with E-state index in [0.717, 1.165) is 16.7 Å². The van der Waals surface area contributed by atoms with E-state index in [0.29, 0.717) is 28.0 Å². The molecule has 3 heteroatoms. The molecule has 0 saturated heterocycles. The second kappa shape index (κ2) is 6.26. The molecule has 0 heterocycles. The van der Waals surface area contributed by atoms with Crippen LogP contribution < -0.4 is 4.74 Å². The number of ketones is 1. The van der Waals surface area contributed by atoms with E-state index in [1.54, 1.807) is 38.3 Å². The Kier molecular flexibility index (Phi) is 3.92. The molecule has 4 rings (SSSR count). The molecule has 26 heavy (non-hydrogen) atoms. The van der Waals surface area contributed by atoms with E-state index in [4.69, 9.17) is 4.74 Å². The van der Waals surface area contributed by atoms with E-state index < -0.39 is 0 Å². The summed E-state index contributed by atoms with van der Waals surface area (Å²) in [7, 11) is 1.60. The van der Waals surface area contributed by atoms with Crippen LogP contribution in [0.2, 0.25) is 0 Å². The molecule has 3 aromatic rings. The summed E-state index contributed by atoms with van der Waals surface area (Å²) in [5.41, 5.74) is 4.83. The number of Topliss-reactive ketones (excluding diaryl/α,β-unsaturated/α-hetero) is 1. The zero-order chi connectivity index (χ0) is 18.3. The van der Waals surface area contributed by atoms with Gasteiger partial charge in [0.05, 0.1) is 7.11 Å². The molecule has 1 aliphatic carbocycles. The van der Waals surface area contributed by atoms with Crippen LogP contribution in [0.3, 0.4) is 0 Å². The van der Waals surface area contributed by atoms with E-state index in [9.17, 15) is 9.18 Å². The first kappa shape index (κ1) is 16.3. The maximum Gasteiger partial charge on any atom is 0.194 e. The molecule has 0 radical (unpaired) electrons. The number of rotatable bonds is 3. The number of halogens is 1. The molecular weight excluding hydrogens is 327 g/mol. The van der Waals surface area contributed by atoms with Gasteiger partial charge in [-0.1, -0.05) is 42.5 Å². The van der Waals surface area contributed by atoms with Gasteiger partial charge in [-0.3, -0.25) is 4.79 Å². The van der Waals surface area contributed by atoms with Gasteiger partial charge in [-0.2, -0.15) is 0 Å². The summed E-state index contributed by atoms with van der Waals surface area (Å²) in [6.45, 7) is 1.71. The minimum atomic E-state index is -0.316. The summed E-state index contributed by atoms with van der Waals surface area (Å²) in [6, 6.07) is 20.1. The number of fused-ring (bicyclic) bond motifs is 1. The SMILES string of the molecule is COc1ccc2c(c1)C(c1ccccc1)=C(c1ccc(C)c(F)c1)C2=O. The smallest absolute Gasteiger partial charge is 0.194 e. The Morgan fingerprint density at radius 3 is 2.27 bits per heavy atom. The van der Waals surface area contributed by atoms with Crippen molar-refractivity contribution in [2.24, 2.45) is 0 Å². The van der Waals surface area contributed by atoms with Crippen LogP contribution in [0.25, 0.3) is 11.1 Å². The van der Waals surface area contributed by atoms with Gasteiger partial charge < -0.3 is 4.74 Å². The lowest BCUT2D eigenvalue weighted by Crippen LogP contribution is -1.99. The van der Waals surface area contributed by atoms with Gasteiger partial charge in [-0.15, -0.1) is 0 Å². The molecule has 0 spiro atoms. The van der Waals surface area contributed by atoms with Crippen LogP contribution in [0.4, 0.5) is 4.39 Å². The Bertz CT molecular complexity index is 1050. The highest BCUT2D eigenvalue weighted by Gasteiger charge is 2.32. The Morgan fingerprint density at radius 2 is 1.58 bits per heavy atom. The summed E-state index contributed by atoms with van der Waals surface area (Å²) in [4.78, 5) is 13.2. The number of benzene rings is 3. The monoisotopic (exact) mass is 344 g/mol. The highest BCUT2D eigenvalue weighted by Crippen LogP contribution is 2.43. The van der Waals surface area contributed by atoms with Gasteiger partial charge in [-0.25, -0.2) is 4.39 Å². The zero-order valence-corrected chi connectivity index (χ0v) is 14.5. The predicted molar refractivity (Wildman–Crippen MR) is 101 cm³/mol. The second-order valence-corrected chi connectivity index (χ2v) is 6.32. The van der Waals surface area contributed by atoms with Crippen molar-refractivity contribution in [2.75, 3.05) is 7.11 Å². The molecule has 0 aromatic heterocycles. The van der Waals surface area contributed by atoms with Crippen LogP contribution >= 0.6 is 0 Å². The highest BCUT2D eigenvalue weighted by molar-refractivity contribution is 6.41. The van der Waals surface area contributed by atoms with Gasteiger partial charge in [0.15, 0.2) is 5.78 Å². The largest absolute Gasteiger partial charge is 0.497 e. The number of ether oxygens (including phenoxy) is 1. The van der Waals surface area contributed by atoms with Crippen LogP contribution in [0, 0.1) is 12.7 Å². The fourth-order valence-electron chi connectivity index (χ4n) is 3.37. The summed E-state index contributed by atoms with van der Waals surface area (Å²) < 4.78 is 19.5. The highest BCUT2D eigenvalue weighted by atomic mass is 19.1. The molecule has 0 unspecified atom stereocenters. The van der Waals surface area contributed by atoms with Crippen LogP contribution in [0.1, 0.15) is 32.6 Å². The van der Waals surface area contributed by atoms with Gasteiger partial charge in [0.2, 0.25) is 0 Å². The van der Waals surface area contributed by atoms with E-state index >= 15 is 0 Å². The number of aryl methyl sites for hydroxylation is 1. The Labute approximate surface area is 151 Å². The maximum absolute atomic E-state index is 14.2. The van der Waals surface area contributed by atoms with E-state index in [2.05, 4.69) is 0 Å². The molecular formula is C23H17FO2. The molecule has 0 atom stereocenters. The van der Waals surface area contributed by atoms with Crippen LogP contribution in [0.5, 0.6) is 5.75 Å². The van der Waals surface area contributed by atoms with E-state index in [-0.39, 0.29) is 11.6 Å². The summed E-state index contributed by atoms with van der Waals surface area (Å²) >= 11 is 0. The molecule has 2 nitrogen and oxygen atoms in total. The molecule has 0 saturated carbocycles. The van der Waals surface area contributed by atoms with Gasteiger partial charge in [0.25, 0.3) is 0 Å². The van der Waals surface area contributed by atoms with Gasteiger partial charge in [-0.05, 0) is 53.4 Å². The first-order valence-corrected chi connectivity index (χ1v) is 8.39. The van der Waals surface area contributed by atoms with Crippen molar-refractivity contribution in [1.29, 1.82) is 0 Å². The third-order valence-electron chi connectivity index (χ3n) is 4.74. The van der Waals surface area contributed by atoms with Crippen molar-refractivity contribution in [2.45, 2.75) is 6.92 Å². The van der Waals surface area contributed by atoms with Crippen molar-refractivity contribution < 1.29 is 13.9 Å². The van der Waals surface area contributed by atoms with Gasteiger partial charge in [0.1, 0.15) is 11.6 Å². The number of hydrogen-bond donors (Lipinski definition) is 0. The number of methoxy groups -OCH3 is 1. The van der Waals surface area contributed by atoms with Crippen molar-refractivity contribution in [3.05, 3.63) is 100 Å². The standard InChI is InChI=1S/C23H17FO2/c1-14-8-9-16(12-20(14)24)22-21(15-6-4-3-5-7-15)19-13-17(26-2)10-11-18(19)23(22)25/h3-13H,1-2H3. The molecule has 1 aliphatic rings. The van der Waals surface area contributed by atoms with E-state index in [1.165, 1.54) is 6.07 Å². The summed E-state index contributed by atoms with van der Waals surface area (Å²) in [5, 5.41) is 0. The normalized spacial score (nSPS) is 13.1. The molecule has 0 amide bonds. The summed E-state index contributed by atoms with van der Waals surface area (Å²) in [5.74, 6) is 0.273. The minimum absolute atomic E-state index is 0.0928. The van der Waals surface area contributed by atoms with Crippen molar-refractivity contribution in [3.63, 3.8) is 0 Å².